The van der Waals surface area contributed by atoms with E-state index in [-0.39, 0.29) is 29.8 Å². The molecule has 1 aromatic heterocycles. The number of para-hydroxylation sites is 1. The average molecular weight is 398 g/mol. The lowest BCUT2D eigenvalue weighted by atomic mass is 9.83. The highest BCUT2D eigenvalue weighted by atomic mass is 16.3. The number of aromatic nitrogens is 1. The third-order valence-electron chi connectivity index (χ3n) is 6.66. The Kier molecular flexibility index (Phi) is 5.90. The van der Waals surface area contributed by atoms with Crippen molar-refractivity contribution in [3.63, 3.8) is 0 Å². The van der Waals surface area contributed by atoms with Crippen LogP contribution in [-0.2, 0) is 11.8 Å². The van der Waals surface area contributed by atoms with Crippen LogP contribution in [0.2, 0.25) is 0 Å². The van der Waals surface area contributed by atoms with Gasteiger partial charge in [-0.15, -0.1) is 0 Å². The number of carbonyl (C=O) groups is 2. The molecule has 0 spiro atoms. The SMILES string of the molecule is Cn1c(C(=O)N[C@H]2CCCC[C@H]2C(=O)N[C@H]2CCCC[C@@H]2O)cc2ccccc21. The Bertz CT molecular complexity index is 891. The first-order valence-corrected chi connectivity index (χ1v) is 10.9. The lowest BCUT2D eigenvalue weighted by molar-refractivity contribution is -0.128. The highest BCUT2D eigenvalue weighted by molar-refractivity contribution is 5.99. The Morgan fingerprint density at radius 2 is 1.66 bits per heavy atom. The van der Waals surface area contributed by atoms with Crippen LogP contribution >= 0.6 is 0 Å². The lowest BCUT2D eigenvalue weighted by Gasteiger charge is -2.34. The van der Waals surface area contributed by atoms with Gasteiger partial charge in [-0.25, -0.2) is 0 Å². The molecule has 0 bridgehead atoms. The number of benzene rings is 1. The number of aryl methyl sites for hydroxylation is 1. The topological polar surface area (TPSA) is 83.4 Å². The Morgan fingerprint density at radius 1 is 0.966 bits per heavy atom. The minimum Gasteiger partial charge on any atom is -0.391 e. The van der Waals surface area contributed by atoms with E-state index in [4.69, 9.17) is 0 Å². The molecule has 2 saturated carbocycles. The van der Waals surface area contributed by atoms with E-state index >= 15 is 0 Å². The molecule has 2 fully saturated rings. The van der Waals surface area contributed by atoms with Crippen LogP contribution in [0.4, 0.5) is 0 Å². The van der Waals surface area contributed by atoms with Gasteiger partial charge in [0.1, 0.15) is 5.69 Å². The maximum atomic E-state index is 13.0. The van der Waals surface area contributed by atoms with Gasteiger partial charge in [-0.3, -0.25) is 9.59 Å². The fourth-order valence-corrected chi connectivity index (χ4v) is 4.94. The molecule has 1 aromatic carbocycles. The van der Waals surface area contributed by atoms with Crippen LogP contribution in [0, 0.1) is 5.92 Å². The molecule has 3 N–H and O–H groups in total. The van der Waals surface area contributed by atoms with Gasteiger partial charge in [-0.05, 0) is 37.8 Å². The maximum absolute atomic E-state index is 13.0. The van der Waals surface area contributed by atoms with Crippen LogP contribution in [0.5, 0.6) is 0 Å². The van der Waals surface area contributed by atoms with Crippen molar-refractivity contribution in [2.75, 3.05) is 0 Å². The molecule has 2 aliphatic rings. The third kappa shape index (κ3) is 4.17. The van der Waals surface area contributed by atoms with Crippen LogP contribution in [0.1, 0.15) is 61.9 Å². The summed E-state index contributed by atoms with van der Waals surface area (Å²) in [7, 11) is 1.90. The first kappa shape index (κ1) is 20.0. The molecule has 2 aliphatic carbocycles. The van der Waals surface area contributed by atoms with Gasteiger partial charge in [0, 0.05) is 24.0 Å². The number of rotatable bonds is 4. The maximum Gasteiger partial charge on any atom is 0.268 e. The summed E-state index contributed by atoms with van der Waals surface area (Å²) in [5, 5.41) is 17.4. The molecule has 156 valence electrons. The summed E-state index contributed by atoms with van der Waals surface area (Å²) in [5.74, 6) is -0.402. The first-order chi connectivity index (χ1) is 14.0. The Labute approximate surface area is 171 Å². The second-order valence-electron chi connectivity index (χ2n) is 8.59. The van der Waals surface area contributed by atoms with Crippen LogP contribution in [-0.4, -0.2) is 39.7 Å². The molecule has 2 aromatic rings. The fourth-order valence-electron chi connectivity index (χ4n) is 4.94. The van der Waals surface area contributed by atoms with Crippen molar-refractivity contribution in [2.24, 2.45) is 13.0 Å². The highest BCUT2D eigenvalue weighted by Gasteiger charge is 2.35. The molecule has 4 rings (SSSR count). The molecule has 0 unspecified atom stereocenters. The number of amides is 2. The van der Waals surface area contributed by atoms with Crippen molar-refractivity contribution in [3.8, 4) is 0 Å². The number of hydrogen-bond acceptors (Lipinski definition) is 3. The Balaban J connectivity index is 1.46. The summed E-state index contributed by atoms with van der Waals surface area (Å²) in [4.78, 5) is 26.0. The molecule has 0 saturated heterocycles. The zero-order chi connectivity index (χ0) is 20.4. The largest absolute Gasteiger partial charge is 0.391 e. The second kappa shape index (κ2) is 8.57. The Hall–Kier alpha value is -2.34. The smallest absolute Gasteiger partial charge is 0.268 e. The van der Waals surface area contributed by atoms with E-state index in [2.05, 4.69) is 10.6 Å². The number of nitrogens with zero attached hydrogens (tertiary/aromatic N) is 1. The van der Waals surface area contributed by atoms with E-state index in [9.17, 15) is 14.7 Å². The molecule has 6 nitrogen and oxygen atoms in total. The van der Waals surface area contributed by atoms with Crippen molar-refractivity contribution in [1.82, 2.24) is 15.2 Å². The highest BCUT2D eigenvalue weighted by Crippen LogP contribution is 2.27. The third-order valence-corrected chi connectivity index (χ3v) is 6.66. The van der Waals surface area contributed by atoms with Crippen LogP contribution in [0.15, 0.2) is 30.3 Å². The van der Waals surface area contributed by atoms with Gasteiger partial charge in [-0.1, -0.05) is 43.9 Å². The number of aliphatic hydroxyl groups excluding tert-OH is 1. The van der Waals surface area contributed by atoms with Crippen LogP contribution in [0.3, 0.4) is 0 Å². The van der Waals surface area contributed by atoms with E-state index in [1.54, 1.807) is 0 Å². The molecule has 0 aliphatic heterocycles. The van der Waals surface area contributed by atoms with E-state index in [1.165, 1.54) is 0 Å². The van der Waals surface area contributed by atoms with E-state index in [1.807, 2.05) is 41.9 Å². The summed E-state index contributed by atoms with van der Waals surface area (Å²) in [6, 6.07) is 9.50. The number of hydrogen-bond donors (Lipinski definition) is 3. The summed E-state index contributed by atoms with van der Waals surface area (Å²) in [5.41, 5.74) is 1.63. The van der Waals surface area contributed by atoms with Crippen molar-refractivity contribution >= 4 is 22.7 Å². The van der Waals surface area contributed by atoms with Gasteiger partial charge >= 0.3 is 0 Å². The van der Waals surface area contributed by atoms with Crippen molar-refractivity contribution in [3.05, 3.63) is 36.0 Å². The normalized spacial score (nSPS) is 27.5. The standard InChI is InChI=1S/C23H31N3O3/c1-26-19-12-6-2-8-15(19)14-20(26)23(29)24-17-10-4-3-9-16(17)22(28)25-18-11-5-7-13-21(18)27/h2,6,8,12,14,16-18,21,27H,3-5,7,9-11,13H2,1H3,(H,24,29)(H,25,28)/t16-,17+,18+,21+/m1/s1. The average Bonchev–Trinajstić information content (AvgIpc) is 3.07. The minimum absolute atomic E-state index is 0.0296. The minimum atomic E-state index is -0.458. The quantitative estimate of drug-likeness (QED) is 0.742. The Morgan fingerprint density at radius 3 is 2.41 bits per heavy atom. The number of fused-ring (bicyclic) bond motifs is 1. The van der Waals surface area contributed by atoms with Crippen LogP contribution < -0.4 is 10.6 Å². The molecule has 1 heterocycles. The van der Waals surface area contributed by atoms with Gasteiger partial charge in [0.25, 0.3) is 5.91 Å². The van der Waals surface area contributed by atoms with Gasteiger partial charge in [-0.2, -0.15) is 0 Å². The predicted molar refractivity (Wildman–Crippen MR) is 113 cm³/mol. The van der Waals surface area contributed by atoms with E-state index < -0.39 is 6.10 Å². The summed E-state index contributed by atoms with van der Waals surface area (Å²) in [6.07, 6.45) is 6.75. The van der Waals surface area contributed by atoms with Gasteiger partial charge < -0.3 is 20.3 Å². The van der Waals surface area contributed by atoms with Crippen LogP contribution in [0.25, 0.3) is 10.9 Å². The fraction of sp³-hybridized carbons (Fsp3) is 0.565. The molecular formula is C23H31N3O3. The summed E-state index contributed by atoms with van der Waals surface area (Å²) >= 11 is 0. The van der Waals surface area contributed by atoms with Crippen molar-refractivity contribution < 1.29 is 14.7 Å². The molecule has 6 heteroatoms. The zero-order valence-corrected chi connectivity index (χ0v) is 17.1. The summed E-state index contributed by atoms with van der Waals surface area (Å²) < 4.78 is 1.90. The second-order valence-corrected chi connectivity index (χ2v) is 8.59. The van der Waals surface area contributed by atoms with Gasteiger partial charge in [0.2, 0.25) is 5.91 Å². The van der Waals surface area contributed by atoms with Gasteiger partial charge in [0.05, 0.1) is 18.1 Å². The molecule has 2 amide bonds. The molecular weight excluding hydrogens is 366 g/mol. The number of carbonyl (C=O) groups excluding carboxylic acids is 2. The first-order valence-electron chi connectivity index (χ1n) is 10.9. The van der Waals surface area contributed by atoms with E-state index in [0.29, 0.717) is 5.69 Å². The lowest BCUT2D eigenvalue weighted by Crippen LogP contribution is -2.53. The predicted octanol–water partition coefficient (Wildman–Crippen LogP) is 2.89. The molecule has 0 radical (unpaired) electrons. The zero-order valence-electron chi connectivity index (χ0n) is 17.1. The van der Waals surface area contributed by atoms with Gasteiger partial charge in [0.15, 0.2) is 0 Å². The summed E-state index contributed by atoms with van der Waals surface area (Å²) in [6.45, 7) is 0. The monoisotopic (exact) mass is 397 g/mol. The number of nitrogens with one attached hydrogen (secondary N) is 2. The van der Waals surface area contributed by atoms with E-state index in [0.717, 1.165) is 62.3 Å². The number of aliphatic hydroxyl groups is 1. The van der Waals surface area contributed by atoms with Crippen molar-refractivity contribution in [2.45, 2.75) is 69.6 Å². The molecule has 29 heavy (non-hydrogen) atoms. The van der Waals surface area contributed by atoms with Crippen molar-refractivity contribution in [1.29, 1.82) is 0 Å². The molecule has 4 atom stereocenters.